The zero-order valence-corrected chi connectivity index (χ0v) is 19.8. The summed E-state index contributed by atoms with van der Waals surface area (Å²) in [5.74, 6) is -4.24. The molecule has 0 saturated carbocycles. The monoisotopic (exact) mass is 476 g/mol. The molecule has 0 bridgehead atoms. The summed E-state index contributed by atoms with van der Waals surface area (Å²) in [4.78, 5) is 26.4. The van der Waals surface area contributed by atoms with Crippen molar-refractivity contribution in [1.82, 2.24) is 0 Å². The van der Waals surface area contributed by atoms with Gasteiger partial charge >= 0.3 is 0 Å². The van der Waals surface area contributed by atoms with E-state index >= 15 is 0 Å². The Kier molecular flexibility index (Phi) is 6.78. The lowest BCUT2D eigenvalue weighted by Gasteiger charge is -2.17. The first-order valence-electron chi connectivity index (χ1n) is 11.4. The van der Waals surface area contributed by atoms with Crippen LogP contribution in [0.1, 0.15) is 31.4 Å². The Hall–Kier alpha value is -3.87. The topological polar surface area (TPSA) is 59.0 Å². The van der Waals surface area contributed by atoms with Crippen LogP contribution in [0, 0.1) is 5.92 Å². The molecule has 1 unspecified atom stereocenters. The van der Waals surface area contributed by atoms with Crippen molar-refractivity contribution < 1.29 is 23.1 Å². The molecule has 0 radical (unpaired) electrons. The summed E-state index contributed by atoms with van der Waals surface area (Å²) in [5.41, 5.74) is 2.88. The fraction of sp³-hybridized carbons (Fsp3) is 0.250. The van der Waals surface area contributed by atoms with E-state index in [4.69, 9.17) is 4.74 Å². The SMILES string of the molecule is CCC(F)(F)c1cccc(CC(=O)C2C(=O)N(c3ccc(OC)c(-c4ccccc4)c3)N=C2C)c1. The van der Waals surface area contributed by atoms with Crippen LogP contribution in [0.2, 0.25) is 0 Å². The van der Waals surface area contributed by atoms with Crippen molar-refractivity contribution in [3.05, 3.63) is 83.9 Å². The van der Waals surface area contributed by atoms with Crippen molar-refractivity contribution in [2.75, 3.05) is 12.1 Å². The highest BCUT2D eigenvalue weighted by Crippen LogP contribution is 2.36. The molecule has 0 aliphatic carbocycles. The summed E-state index contributed by atoms with van der Waals surface area (Å²) in [6, 6.07) is 20.7. The van der Waals surface area contributed by atoms with Gasteiger partial charge in [-0.2, -0.15) is 10.1 Å². The standard InChI is InChI=1S/C28H26F2N2O3/c1-4-28(29,30)21-12-8-9-19(15-21)16-24(33)26-18(2)31-32(27(26)34)22-13-14-25(35-3)23(17-22)20-10-6-5-7-11-20/h5-15,17,26H,4,16H2,1-3H3. The van der Waals surface area contributed by atoms with Gasteiger partial charge in [-0.3, -0.25) is 9.59 Å². The number of alkyl halides is 2. The van der Waals surface area contributed by atoms with Gasteiger partial charge in [0.15, 0.2) is 5.78 Å². The number of carbonyl (C=O) groups excluding carboxylic acids is 2. The van der Waals surface area contributed by atoms with E-state index < -0.39 is 17.7 Å². The summed E-state index contributed by atoms with van der Waals surface area (Å²) in [7, 11) is 1.57. The molecule has 1 aliphatic heterocycles. The lowest BCUT2D eigenvalue weighted by atomic mass is 9.92. The third-order valence-corrected chi connectivity index (χ3v) is 6.14. The molecule has 0 spiro atoms. The Morgan fingerprint density at radius 2 is 1.80 bits per heavy atom. The number of ketones is 1. The molecule has 1 amide bonds. The van der Waals surface area contributed by atoms with Crippen LogP contribution in [0.15, 0.2) is 77.9 Å². The number of hydrogen-bond acceptors (Lipinski definition) is 4. The predicted octanol–water partition coefficient (Wildman–Crippen LogP) is 6.01. The van der Waals surface area contributed by atoms with Crippen LogP contribution in [0.25, 0.3) is 11.1 Å². The van der Waals surface area contributed by atoms with Crippen LogP contribution in [-0.4, -0.2) is 24.5 Å². The average molecular weight is 477 g/mol. The molecule has 3 aromatic rings. The number of benzene rings is 3. The van der Waals surface area contributed by atoms with E-state index in [0.29, 0.717) is 22.7 Å². The Morgan fingerprint density at radius 3 is 2.49 bits per heavy atom. The number of nitrogens with zero attached hydrogens (tertiary/aromatic N) is 2. The van der Waals surface area contributed by atoms with E-state index in [1.807, 2.05) is 30.3 Å². The van der Waals surface area contributed by atoms with Gasteiger partial charge in [0.25, 0.3) is 11.8 Å². The lowest BCUT2D eigenvalue weighted by Crippen LogP contribution is -2.33. The van der Waals surface area contributed by atoms with Gasteiger partial charge < -0.3 is 4.74 Å². The molecule has 3 aromatic carbocycles. The van der Waals surface area contributed by atoms with Gasteiger partial charge in [0, 0.05) is 24.0 Å². The second-order valence-electron chi connectivity index (χ2n) is 8.48. The number of methoxy groups -OCH3 is 1. The third-order valence-electron chi connectivity index (χ3n) is 6.14. The van der Waals surface area contributed by atoms with Crippen LogP contribution in [0.5, 0.6) is 5.75 Å². The number of rotatable bonds is 8. The summed E-state index contributed by atoms with van der Waals surface area (Å²) < 4.78 is 33.7. The zero-order chi connectivity index (χ0) is 25.2. The van der Waals surface area contributed by atoms with Crippen molar-refractivity contribution in [3.8, 4) is 16.9 Å². The Labute approximate surface area is 203 Å². The summed E-state index contributed by atoms with van der Waals surface area (Å²) in [6.45, 7) is 3.04. The maximum absolute atomic E-state index is 14.1. The highest BCUT2D eigenvalue weighted by atomic mass is 19.3. The maximum Gasteiger partial charge on any atom is 0.273 e. The summed E-state index contributed by atoms with van der Waals surface area (Å²) in [6.07, 6.45) is -0.471. The maximum atomic E-state index is 14.1. The van der Waals surface area contributed by atoms with E-state index in [9.17, 15) is 18.4 Å². The normalized spacial score (nSPS) is 15.8. The first kappa shape index (κ1) is 24.3. The van der Waals surface area contributed by atoms with Crippen LogP contribution in [0.4, 0.5) is 14.5 Å². The quantitative estimate of drug-likeness (QED) is 0.374. The molecule has 0 fully saturated rings. The fourth-order valence-corrected chi connectivity index (χ4v) is 4.21. The molecule has 180 valence electrons. The molecule has 1 aliphatic rings. The van der Waals surface area contributed by atoms with Crippen LogP contribution >= 0.6 is 0 Å². The van der Waals surface area contributed by atoms with Gasteiger partial charge in [0.05, 0.1) is 18.5 Å². The molecule has 4 rings (SSSR count). The van der Waals surface area contributed by atoms with Crippen molar-refractivity contribution in [3.63, 3.8) is 0 Å². The average Bonchev–Trinajstić information content (AvgIpc) is 3.18. The Morgan fingerprint density at radius 1 is 1.06 bits per heavy atom. The molecule has 5 nitrogen and oxygen atoms in total. The summed E-state index contributed by atoms with van der Waals surface area (Å²) in [5, 5.41) is 5.59. The highest BCUT2D eigenvalue weighted by molar-refractivity contribution is 6.27. The van der Waals surface area contributed by atoms with Crippen LogP contribution < -0.4 is 9.75 Å². The molecular formula is C28H26F2N2O3. The van der Waals surface area contributed by atoms with Gasteiger partial charge in [-0.05, 0) is 42.3 Å². The lowest BCUT2D eigenvalue weighted by molar-refractivity contribution is -0.128. The van der Waals surface area contributed by atoms with Gasteiger partial charge in [0.2, 0.25) is 0 Å². The van der Waals surface area contributed by atoms with Crippen molar-refractivity contribution in [1.29, 1.82) is 0 Å². The zero-order valence-electron chi connectivity index (χ0n) is 19.8. The largest absolute Gasteiger partial charge is 0.496 e. The number of hydrazone groups is 1. The fourth-order valence-electron chi connectivity index (χ4n) is 4.21. The molecule has 1 heterocycles. The second kappa shape index (κ2) is 9.78. The minimum Gasteiger partial charge on any atom is -0.496 e. The van der Waals surface area contributed by atoms with Crippen molar-refractivity contribution >= 4 is 23.1 Å². The minimum atomic E-state index is -2.97. The van der Waals surface area contributed by atoms with Gasteiger partial charge in [-0.1, -0.05) is 55.5 Å². The van der Waals surface area contributed by atoms with E-state index in [1.54, 1.807) is 38.3 Å². The first-order chi connectivity index (χ1) is 16.7. The second-order valence-corrected chi connectivity index (χ2v) is 8.48. The van der Waals surface area contributed by atoms with E-state index in [-0.39, 0.29) is 24.2 Å². The molecule has 0 N–H and O–H groups in total. The summed E-state index contributed by atoms with van der Waals surface area (Å²) >= 11 is 0. The number of amides is 1. The molecule has 0 aromatic heterocycles. The molecular weight excluding hydrogens is 450 g/mol. The number of carbonyl (C=O) groups is 2. The third kappa shape index (κ3) is 4.85. The van der Waals surface area contributed by atoms with Gasteiger partial charge in [-0.15, -0.1) is 0 Å². The van der Waals surface area contributed by atoms with Crippen molar-refractivity contribution in [2.24, 2.45) is 11.0 Å². The minimum absolute atomic E-state index is 0.136. The van der Waals surface area contributed by atoms with Crippen molar-refractivity contribution in [2.45, 2.75) is 32.6 Å². The molecule has 7 heteroatoms. The van der Waals surface area contributed by atoms with Gasteiger partial charge in [-0.25, -0.2) is 8.78 Å². The smallest absolute Gasteiger partial charge is 0.273 e. The van der Waals surface area contributed by atoms with Gasteiger partial charge in [0.1, 0.15) is 11.7 Å². The Balaban J connectivity index is 1.58. The number of halogens is 2. The number of ether oxygens (including phenoxy) is 1. The van der Waals surface area contributed by atoms with Crippen LogP contribution in [-0.2, 0) is 21.9 Å². The molecule has 1 atom stereocenters. The number of anilines is 1. The first-order valence-corrected chi connectivity index (χ1v) is 11.4. The Bertz CT molecular complexity index is 1290. The van der Waals surface area contributed by atoms with E-state index in [1.165, 1.54) is 30.1 Å². The molecule has 0 saturated heterocycles. The van der Waals surface area contributed by atoms with E-state index in [0.717, 1.165) is 11.1 Å². The highest BCUT2D eigenvalue weighted by Gasteiger charge is 2.39. The number of hydrogen-bond donors (Lipinski definition) is 0. The molecule has 35 heavy (non-hydrogen) atoms. The van der Waals surface area contributed by atoms with Crippen LogP contribution in [0.3, 0.4) is 0 Å². The van der Waals surface area contributed by atoms with E-state index in [2.05, 4.69) is 5.10 Å². The number of Topliss-reactive ketones (excluding diaryl/α,β-unsaturated/α-hetero) is 1. The predicted molar refractivity (Wildman–Crippen MR) is 132 cm³/mol.